The number of aliphatic carboxylic acids is 1. The fourth-order valence-corrected chi connectivity index (χ4v) is 3.47. The molecule has 222 valence electrons. The van der Waals surface area contributed by atoms with Gasteiger partial charge in [-0.3, -0.25) is 24.4 Å². The molecule has 0 aromatic heterocycles. The number of guanidine groups is 2. The molecule has 0 radical (unpaired) electrons. The first-order valence-electron chi connectivity index (χ1n) is 12.6. The molecule has 0 saturated heterocycles. The van der Waals surface area contributed by atoms with Gasteiger partial charge in [0.1, 0.15) is 23.9 Å². The molecule has 16 nitrogen and oxygen atoms in total. The van der Waals surface area contributed by atoms with E-state index in [0.29, 0.717) is 5.56 Å². The van der Waals surface area contributed by atoms with Gasteiger partial charge in [-0.2, -0.15) is 0 Å². The van der Waals surface area contributed by atoms with Gasteiger partial charge >= 0.3 is 5.97 Å². The molecule has 0 aliphatic rings. The van der Waals surface area contributed by atoms with Crippen molar-refractivity contribution in [3.63, 3.8) is 0 Å². The molecule has 40 heavy (non-hydrogen) atoms. The number of carboxylic acids is 1. The molecule has 4 unspecified atom stereocenters. The maximum absolute atomic E-state index is 13.0. The number of phenols is 1. The highest BCUT2D eigenvalue weighted by Gasteiger charge is 2.28. The number of nitrogens with one attached hydrogen (secondary N) is 3. The third-order valence-electron chi connectivity index (χ3n) is 5.62. The Bertz CT molecular complexity index is 1050. The predicted octanol–water partition coefficient (Wildman–Crippen LogP) is -3.07. The second-order valence-corrected chi connectivity index (χ2v) is 9.07. The average Bonchev–Trinajstić information content (AvgIpc) is 2.88. The number of amides is 3. The maximum Gasteiger partial charge on any atom is 0.326 e. The number of carboxylic acid groups (broad SMARTS) is 1. The largest absolute Gasteiger partial charge is 0.508 e. The van der Waals surface area contributed by atoms with Gasteiger partial charge in [0.25, 0.3) is 0 Å². The minimum atomic E-state index is -1.27. The Balaban J connectivity index is 2.83. The van der Waals surface area contributed by atoms with Gasteiger partial charge in [-0.1, -0.05) is 12.1 Å². The van der Waals surface area contributed by atoms with Crippen LogP contribution in [-0.4, -0.2) is 83.1 Å². The van der Waals surface area contributed by atoms with Crippen LogP contribution in [0.4, 0.5) is 0 Å². The minimum absolute atomic E-state index is 0.0396. The van der Waals surface area contributed by atoms with Crippen LogP contribution in [0.3, 0.4) is 0 Å². The lowest BCUT2D eigenvalue weighted by Gasteiger charge is -2.23. The van der Waals surface area contributed by atoms with E-state index >= 15 is 0 Å². The van der Waals surface area contributed by atoms with Gasteiger partial charge in [0.05, 0.1) is 6.04 Å². The molecule has 0 aliphatic heterocycles. The molecule has 1 aromatic carbocycles. The molecule has 0 aliphatic carbocycles. The molecule has 1 rings (SSSR count). The zero-order chi connectivity index (χ0) is 30.2. The van der Waals surface area contributed by atoms with Crippen LogP contribution in [0.1, 0.15) is 38.2 Å². The Morgan fingerprint density at radius 3 is 1.80 bits per heavy atom. The number of aromatic hydroxyl groups is 1. The van der Waals surface area contributed by atoms with Crippen LogP contribution in [-0.2, 0) is 25.6 Å². The molecule has 16 heteroatoms. The van der Waals surface area contributed by atoms with Gasteiger partial charge in [0, 0.05) is 13.1 Å². The lowest BCUT2D eigenvalue weighted by molar-refractivity contribution is -0.142. The monoisotopic (exact) mass is 564 g/mol. The van der Waals surface area contributed by atoms with E-state index in [-0.39, 0.29) is 62.9 Å². The van der Waals surface area contributed by atoms with E-state index in [9.17, 15) is 29.4 Å². The van der Waals surface area contributed by atoms with Crippen LogP contribution >= 0.6 is 0 Å². The summed E-state index contributed by atoms with van der Waals surface area (Å²) >= 11 is 0. The van der Waals surface area contributed by atoms with E-state index in [0.717, 1.165) is 0 Å². The number of phenolic OH excluding ortho intramolecular Hbond substituents is 1. The van der Waals surface area contributed by atoms with E-state index in [1.807, 2.05) is 0 Å². The molecular formula is C24H40N10O6. The van der Waals surface area contributed by atoms with Gasteiger partial charge < -0.3 is 54.8 Å². The Morgan fingerprint density at radius 2 is 1.30 bits per heavy atom. The number of nitrogens with two attached hydrogens (primary N) is 5. The SMILES string of the molecule is CC(NC(=O)C(N)Cc1ccc(O)cc1)C(=O)NC(CCCN=C(N)N)C(=O)NC(CCCN=C(N)N)C(=O)O. The molecule has 0 saturated carbocycles. The Labute approximate surface area is 231 Å². The zero-order valence-corrected chi connectivity index (χ0v) is 22.4. The molecular weight excluding hydrogens is 524 g/mol. The third kappa shape index (κ3) is 13.3. The normalized spacial score (nSPS) is 13.6. The number of carbonyl (C=O) groups excluding carboxylic acids is 3. The van der Waals surface area contributed by atoms with Crippen LogP contribution in [0, 0.1) is 0 Å². The number of rotatable bonds is 17. The fourth-order valence-electron chi connectivity index (χ4n) is 3.47. The first-order chi connectivity index (χ1) is 18.8. The first kappa shape index (κ1) is 33.4. The molecule has 0 fully saturated rings. The van der Waals surface area contributed by atoms with E-state index in [1.54, 1.807) is 12.1 Å². The lowest BCUT2D eigenvalue weighted by Crippen LogP contribution is -2.56. The maximum atomic E-state index is 13.0. The summed E-state index contributed by atoms with van der Waals surface area (Å²) in [5, 5.41) is 26.4. The van der Waals surface area contributed by atoms with E-state index in [4.69, 9.17) is 28.7 Å². The predicted molar refractivity (Wildman–Crippen MR) is 149 cm³/mol. The summed E-state index contributed by atoms with van der Waals surface area (Å²) in [7, 11) is 0. The summed E-state index contributed by atoms with van der Waals surface area (Å²) in [4.78, 5) is 57.7. The molecule has 0 bridgehead atoms. The van der Waals surface area contributed by atoms with E-state index in [1.165, 1.54) is 19.1 Å². The Morgan fingerprint density at radius 1 is 0.800 bits per heavy atom. The molecule has 0 spiro atoms. The number of hydrogen-bond acceptors (Lipinski definition) is 8. The fraction of sp³-hybridized carbons (Fsp3) is 0.500. The lowest BCUT2D eigenvalue weighted by atomic mass is 10.1. The molecule has 0 heterocycles. The summed E-state index contributed by atoms with van der Waals surface area (Å²) in [6.45, 7) is 1.76. The van der Waals surface area contributed by atoms with Gasteiger partial charge in [0.15, 0.2) is 11.9 Å². The standard InChI is InChI=1S/C24H40N10O6/c1-13(32-20(37)16(25)12-14-6-8-15(35)9-7-14)19(36)33-17(4-2-10-30-23(26)27)21(38)34-18(22(39)40)5-3-11-31-24(28)29/h6-9,13,16-18,35H,2-5,10-12,25H2,1H3,(H,32,37)(H,33,36)(H,34,38)(H,39,40)(H4,26,27,30)(H4,28,29,31). The smallest absolute Gasteiger partial charge is 0.326 e. The number of aliphatic imine (C=N–C) groups is 2. The van der Waals surface area contributed by atoms with Crippen molar-refractivity contribution in [3.8, 4) is 5.75 Å². The summed E-state index contributed by atoms with van der Waals surface area (Å²) in [5.41, 5.74) is 27.8. The first-order valence-corrected chi connectivity index (χ1v) is 12.6. The molecule has 3 amide bonds. The number of carbonyl (C=O) groups is 4. The second-order valence-electron chi connectivity index (χ2n) is 9.07. The minimum Gasteiger partial charge on any atom is -0.508 e. The topological polar surface area (TPSA) is 300 Å². The number of hydrogen-bond donors (Lipinski definition) is 10. The van der Waals surface area contributed by atoms with Crippen LogP contribution in [0.25, 0.3) is 0 Å². The number of nitrogens with zero attached hydrogens (tertiary/aromatic N) is 2. The van der Waals surface area contributed by atoms with Crippen molar-refractivity contribution in [3.05, 3.63) is 29.8 Å². The quantitative estimate of drug-likeness (QED) is 0.0514. The van der Waals surface area contributed by atoms with Crippen molar-refractivity contribution in [2.45, 2.75) is 63.2 Å². The Hall–Kier alpha value is -4.60. The van der Waals surface area contributed by atoms with Crippen LogP contribution in [0.2, 0.25) is 0 Å². The molecule has 4 atom stereocenters. The van der Waals surface area contributed by atoms with Crippen LogP contribution in [0.15, 0.2) is 34.3 Å². The van der Waals surface area contributed by atoms with Gasteiger partial charge in [-0.25, -0.2) is 4.79 Å². The van der Waals surface area contributed by atoms with Crippen molar-refractivity contribution in [1.82, 2.24) is 16.0 Å². The van der Waals surface area contributed by atoms with Crippen molar-refractivity contribution in [2.75, 3.05) is 13.1 Å². The summed E-state index contributed by atoms with van der Waals surface area (Å²) < 4.78 is 0. The summed E-state index contributed by atoms with van der Waals surface area (Å²) in [6, 6.07) is 1.72. The highest BCUT2D eigenvalue weighted by molar-refractivity contribution is 5.94. The molecule has 1 aromatic rings. The van der Waals surface area contributed by atoms with Crippen molar-refractivity contribution in [2.24, 2.45) is 38.7 Å². The molecule has 15 N–H and O–H groups in total. The second kappa shape index (κ2) is 17.1. The average molecular weight is 565 g/mol. The Kier molecular flexibility index (Phi) is 14.3. The number of benzene rings is 1. The van der Waals surface area contributed by atoms with Gasteiger partial charge in [0.2, 0.25) is 17.7 Å². The van der Waals surface area contributed by atoms with E-state index < -0.39 is 47.9 Å². The van der Waals surface area contributed by atoms with Crippen molar-refractivity contribution in [1.29, 1.82) is 0 Å². The summed E-state index contributed by atoms with van der Waals surface area (Å²) in [5.74, 6) is -3.51. The van der Waals surface area contributed by atoms with Crippen LogP contribution in [0.5, 0.6) is 5.75 Å². The van der Waals surface area contributed by atoms with E-state index in [2.05, 4.69) is 25.9 Å². The highest BCUT2D eigenvalue weighted by Crippen LogP contribution is 2.11. The highest BCUT2D eigenvalue weighted by atomic mass is 16.4. The zero-order valence-electron chi connectivity index (χ0n) is 22.4. The van der Waals surface area contributed by atoms with Crippen LogP contribution < -0.4 is 44.6 Å². The van der Waals surface area contributed by atoms with Gasteiger partial charge in [-0.05, 0) is 56.7 Å². The third-order valence-corrected chi connectivity index (χ3v) is 5.62. The van der Waals surface area contributed by atoms with Crippen molar-refractivity contribution < 1.29 is 29.4 Å². The van der Waals surface area contributed by atoms with Crippen molar-refractivity contribution >= 4 is 35.6 Å². The van der Waals surface area contributed by atoms with Gasteiger partial charge in [-0.15, -0.1) is 0 Å². The summed E-state index contributed by atoms with van der Waals surface area (Å²) in [6.07, 6.45) is 0.852.